The summed E-state index contributed by atoms with van der Waals surface area (Å²) in [6, 6.07) is 24.1. The third-order valence-corrected chi connectivity index (χ3v) is 5.94. The third kappa shape index (κ3) is 1.97. The maximum Gasteiger partial charge on any atom is 0.0562 e. The van der Waals surface area contributed by atoms with Gasteiger partial charge in [-0.1, -0.05) is 60.7 Å². The molecule has 0 fully saturated rings. The molecule has 2 nitrogen and oxygen atoms in total. The molecule has 28 heavy (non-hydrogen) atoms. The van der Waals surface area contributed by atoms with Gasteiger partial charge in [0, 0.05) is 34.3 Å². The molecular formula is C26H20N2. The molecule has 2 heteroatoms. The van der Waals surface area contributed by atoms with Crippen molar-refractivity contribution >= 4 is 44.9 Å². The van der Waals surface area contributed by atoms with Crippen molar-refractivity contribution in [2.24, 2.45) is 7.05 Å². The second-order valence-electron chi connectivity index (χ2n) is 7.44. The first kappa shape index (κ1) is 15.5. The van der Waals surface area contributed by atoms with E-state index < -0.39 is 0 Å². The van der Waals surface area contributed by atoms with E-state index in [1.54, 1.807) is 0 Å². The van der Waals surface area contributed by atoms with E-state index >= 15 is 0 Å². The number of hydrogen-bond acceptors (Lipinski definition) is 0. The lowest BCUT2D eigenvalue weighted by molar-refractivity contribution is 1.01. The average molecular weight is 360 g/mol. The first-order valence-corrected chi connectivity index (χ1v) is 9.77. The molecule has 0 amide bonds. The van der Waals surface area contributed by atoms with Gasteiger partial charge in [0.25, 0.3) is 0 Å². The van der Waals surface area contributed by atoms with Crippen molar-refractivity contribution in [3.8, 4) is 5.69 Å². The predicted molar refractivity (Wildman–Crippen MR) is 120 cm³/mol. The highest BCUT2D eigenvalue weighted by molar-refractivity contribution is 6.13. The van der Waals surface area contributed by atoms with E-state index in [1.807, 2.05) is 0 Å². The zero-order valence-corrected chi connectivity index (χ0v) is 15.8. The van der Waals surface area contributed by atoms with Gasteiger partial charge in [-0.3, -0.25) is 0 Å². The fourth-order valence-corrected chi connectivity index (χ4v) is 4.71. The Morgan fingerprint density at radius 1 is 0.679 bits per heavy atom. The van der Waals surface area contributed by atoms with E-state index in [4.69, 9.17) is 0 Å². The Morgan fingerprint density at radius 2 is 1.39 bits per heavy atom. The van der Waals surface area contributed by atoms with E-state index in [1.165, 1.54) is 49.7 Å². The van der Waals surface area contributed by atoms with Crippen LogP contribution in [0.4, 0.5) is 0 Å². The van der Waals surface area contributed by atoms with Crippen LogP contribution >= 0.6 is 0 Å². The zero-order valence-electron chi connectivity index (χ0n) is 15.8. The van der Waals surface area contributed by atoms with Crippen LogP contribution in [0.3, 0.4) is 0 Å². The molecule has 1 aliphatic rings. The summed E-state index contributed by atoms with van der Waals surface area (Å²) in [4.78, 5) is 0. The van der Waals surface area contributed by atoms with Crippen molar-refractivity contribution in [2.45, 2.75) is 6.42 Å². The number of rotatable bonds is 1. The largest absolute Gasteiger partial charge is 0.344 e. The van der Waals surface area contributed by atoms with Crippen LogP contribution in [0.25, 0.3) is 50.5 Å². The Kier molecular flexibility index (Phi) is 3.18. The number of nitrogens with zero attached hydrogens (tertiary/aromatic N) is 2. The minimum atomic E-state index is 0.974. The van der Waals surface area contributed by atoms with Gasteiger partial charge in [-0.2, -0.15) is 0 Å². The Labute approximate surface area is 163 Å². The molecule has 0 aliphatic heterocycles. The second kappa shape index (κ2) is 5.74. The molecule has 134 valence electrons. The summed E-state index contributed by atoms with van der Waals surface area (Å²) < 4.78 is 4.74. The molecule has 6 rings (SSSR count). The summed E-state index contributed by atoms with van der Waals surface area (Å²) in [5.41, 5.74) is 7.59. The van der Waals surface area contributed by atoms with E-state index in [-0.39, 0.29) is 0 Å². The molecule has 1 aliphatic carbocycles. The summed E-state index contributed by atoms with van der Waals surface area (Å²) >= 11 is 0. The van der Waals surface area contributed by atoms with E-state index in [0.29, 0.717) is 0 Å². The highest BCUT2D eigenvalue weighted by atomic mass is 15.0. The number of allylic oxidation sites excluding steroid dienone is 2. The molecule has 0 bridgehead atoms. The predicted octanol–water partition coefficient (Wildman–Crippen LogP) is 6.71. The summed E-state index contributed by atoms with van der Waals surface area (Å²) in [6.45, 7) is 0. The van der Waals surface area contributed by atoms with Crippen molar-refractivity contribution in [2.75, 3.05) is 0 Å². The summed E-state index contributed by atoms with van der Waals surface area (Å²) in [5, 5.41) is 3.92. The number of fused-ring (bicyclic) bond motifs is 6. The number of aryl methyl sites for hydroxylation is 1. The summed E-state index contributed by atoms with van der Waals surface area (Å²) in [6.07, 6.45) is 10.0. The second-order valence-corrected chi connectivity index (χ2v) is 7.44. The molecule has 0 radical (unpaired) electrons. The normalized spacial score (nSPS) is 13.5. The van der Waals surface area contributed by atoms with Crippen LogP contribution in [0.5, 0.6) is 0 Å². The molecule has 2 aromatic heterocycles. The van der Waals surface area contributed by atoms with Crippen molar-refractivity contribution in [3.05, 3.63) is 90.1 Å². The molecule has 0 spiro atoms. The van der Waals surface area contributed by atoms with Gasteiger partial charge in [0.15, 0.2) is 0 Å². The minimum Gasteiger partial charge on any atom is -0.344 e. The number of para-hydroxylation sites is 2. The highest BCUT2D eigenvalue weighted by Crippen LogP contribution is 2.38. The Hall–Kier alpha value is -3.52. The molecular weight excluding hydrogens is 340 g/mol. The smallest absolute Gasteiger partial charge is 0.0562 e. The van der Waals surface area contributed by atoms with Crippen molar-refractivity contribution in [1.82, 2.24) is 9.13 Å². The van der Waals surface area contributed by atoms with Crippen LogP contribution in [0.1, 0.15) is 17.7 Å². The van der Waals surface area contributed by atoms with Crippen molar-refractivity contribution in [1.29, 1.82) is 0 Å². The van der Waals surface area contributed by atoms with Crippen molar-refractivity contribution < 1.29 is 0 Å². The van der Waals surface area contributed by atoms with Gasteiger partial charge in [-0.15, -0.1) is 0 Å². The van der Waals surface area contributed by atoms with Crippen LogP contribution < -0.4 is 0 Å². The molecule has 2 heterocycles. The van der Waals surface area contributed by atoms with Crippen LogP contribution in [0.2, 0.25) is 0 Å². The molecule has 0 atom stereocenters. The Balaban J connectivity index is 1.84. The fourth-order valence-electron chi connectivity index (χ4n) is 4.71. The molecule has 0 unspecified atom stereocenters. The first-order valence-electron chi connectivity index (χ1n) is 9.77. The lowest BCUT2D eigenvalue weighted by Gasteiger charge is -2.11. The Bertz CT molecular complexity index is 1440. The van der Waals surface area contributed by atoms with Crippen LogP contribution in [0.15, 0.2) is 78.9 Å². The van der Waals surface area contributed by atoms with E-state index in [9.17, 15) is 0 Å². The zero-order chi connectivity index (χ0) is 18.7. The summed E-state index contributed by atoms with van der Waals surface area (Å²) in [5.74, 6) is 0. The van der Waals surface area contributed by atoms with Crippen LogP contribution in [-0.4, -0.2) is 9.13 Å². The monoisotopic (exact) mass is 360 g/mol. The summed E-state index contributed by atoms with van der Waals surface area (Å²) in [7, 11) is 2.16. The molecule has 0 saturated carbocycles. The third-order valence-electron chi connectivity index (χ3n) is 5.94. The van der Waals surface area contributed by atoms with Crippen LogP contribution in [-0.2, 0) is 7.05 Å². The number of aromatic nitrogens is 2. The number of hydrogen-bond donors (Lipinski definition) is 0. The fraction of sp³-hybridized carbons (Fsp3) is 0.0769. The van der Waals surface area contributed by atoms with Gasteiger partial charge < -0.3 is 9.13 Å². The molecule has 0 N–H and O–H groups in total. The molecule has 0 saturated heterocycles. The van der Waals surface area contributed by atoms with Gasteiger partial charge in [0.1, 0.15) is 0 Å². The van der Waals surface area contributed by atoms with Gasteiger partial charge in [-0.05, 0) is 36.8 Å². The average Bonchev–Trinajstić information content (AvgIpc) is 3.08. The van der Waals surface area contributed by atoms with Crippen LogP contribution in [0, 0.1) is 0 Å². The van der Waals surface area contributed by atoms with E-state index in [0.717, 1.165) is 6.42 Å². The van der Waals surface area contributed by atoms with Crippen molar-refractivity contribution in [3.63, 3.8) is 0 Å². The SMILES string of the molecule is Cn1c2ccccc2c2c(-n3c4c(c5ccccc53)C=CCC=C4)cccc21. The first-order chi connectivity index (χ1) is 13.8. The highest BCUT2D eigenvalue weighted by Gasteiger charge is 2.19. The van der Waals surface area contributed by atoms with Gasteiger partial charge in [0.05, 0.1) is 22.4 Å². The number of benzene rings is 3. The van der Waals surface area contributed by atoms with E-state index in [2.05, 4.69) is 107 Å². The van der Waals surface area contributed by atoms with Gasteiger partial charge in [0.2, 0.25) is 0 Å². The Morgan fingerprint density at radius 3 is 2.29 bits per heavy atom. The topological polar surface area (TPSA) is 9.86 Å². The van der Waals surface area contributed by atoms with Gasteiger partial charge >= 0.3 is 0 Å². The lowest BCUT2D eigenvalue weighted by atomic mass is 10.1. The minimum absolute atomic E-state index is 0.974. The quantitative estimate of drug-likeness (QED) is 0.314. The maximum atomic E-state index is 2.44. The standard InChI is InChI=1S/C26H20N2/c1-27-21-13-7-6-12-20(21)26-24(27)16-9-17-25(26)28-22-14-4-2-3-10-18(22)19-11-5-8-15-23(19)28/h3-17H,2H2,1H3. The molecule has 5 aromatic rings. The van der Waals surface area contributed by atoms with Gasteiger partial charge in [-0.25, -0.2) is 0 Å². The maximum absolute atomic E-state index is 2.44. The molecule has 3 aromatic carbocycles. The lowest BCUT2D eigenvalue weighted by Crippen LogP contribution is -1.98.